The number of ether oxygens (including phenoxy) is 1. The van der Waals surface area contributed by atoms with Crippen LogP contribution in [-0.4, -0.2) is 37.7 Å². The van der Waals surface area contributed by atoms with E-state index in [0.717, 1.165) is 16.7 Å². The van der Waals surface area contributed by atoms with E-state index in [1.807, 2.05) is 39.0 Å². The molecule has 23 heavy (non-hydrogen) atoms. The van der Waals surface area contributed by atoms with Gasteiger partial charge in [-0.25, -0.2) is 8.42 Å². The zero-order chi connectivity index (χ0) is 17.0. The van der Waals surface area contributed by atoms with Gasteiger partial charge in [-0.1, -0.05) is 23.8 Å². The fourth-order valence-corrected chi connectivity index (χ4v) is 4.58. The lowest BCUT2D eigenvalue weighted by molar-refractivity contribution is -0.0291. The molecule has 1 aliphatic rings. The average Bonchev–Trinajstić information content (AvgIpc) is 2.50. The van der Waals surface area contributed by atoms with Gasteiger partial charge >= 0.3 is 0 Å². The number of hydrogen-bond donors (Lipinski definition) is 0. The van der Waals surface area contributed by atoms with Crippen molar-refractivity contribution < 1.29 is 13.2 Å². The molecule has 0 spiro atoms. The first-order valence-corrected chi connectivity index (χ1v) is 9.51. The molecule has 0 radical (unpaired) electrons. The van der Waals surface area contributed by atoms with Gasteiger partial charge in [0.1, 0.15) is 0 Å². The highest BCUT2D eigenvalue weighted by molar-refractivity contribution is 7.89. The molecule has 2 rings (SSSR count). The second kappa shape index (κ2) is 7.43. The maximum Gasteiger partial charge on any atom is 0.214 e. The van der Waals surface area contributed by atoms with Gasteiger partial charge in [-0.2, -0.15) is 9.57 Å². The quantitative estimate of drug-likeness (QED) is 0.775. The Morgan fingerprint density at radius 3 is 2.83 bits per heavy atom. The van der Waals surface area contributed by atoms with Gasteiger partial charge in [-0.3, -0.25) is 0 Å². The van der Waals surface area contributed by atoms with E-state index >= 15 is 0 Å². The van der Waals surface area contributed by atoms with Gasteiger partial charge in [0.15, 0.2) is 0 Å². The Labute approximate surface area is 138 Å². The third-order valence-corrected chi connectivity index (χ3v) is 6.23. The fraction of sp³-hybridized carbons (Fsp3) is 0.588. The Kier molecular flexibility index (Phi) is 5.79. The number of nitrogens with zero attached hydrogens (tertiary/aromatic N) is 2. The van der Waals surface area contributed by atoms with E-state index in [1.54, 1.807) is 4.31 Å². The van der Waals surface area contributed by atoms with Crippen LogP contribution in [0.5, 0.6) is 0 Å². The molecular formula is C17H24N2O3S. The number of unbranched alkanes of at least 4 members (excludes halogenated alkanes) is 1. The van der Waals surface area contributed by atoms with Crippen LogP contribution in [0.4, 0.5) is 0 Å². The van der Waals surface area contributed by atoms with Crippen LogP contribution >= 0.6 is 0 Å². The largest absolute Gasteiger partial charge is 0.370 e. The van der Waals surface area contributed by atoms with Crippen LogP contribution < -0.4 is 0 Å². The van der Waals surface area contributed by atoms with Crippen molar-refractivity contribution in [2.75, 3.05) is 18.9 Å². The zero-order valence-corrected chi connectivity index (χ0v) is 14.8. The maximum atomic E-state index is 12.6. The van der Waals surface area contributed by atoms with Crippen LogP contribution in [0.2, 0.25) is 0 Å². The van der Waals surface area contributed by atoms with Gasteiger partial charge in [0.05, 0.1) is 24.5 Å². The molecule has 0 aliphatic carbocycles. The SMILES string of the molecule is Cc1ccc(C)c(C2CN(S(=O)(=O)CCCC#N)C(C)CO2)c1. The minimum absolute atomic E-state index is 0.0183. The number of benzene rings is 1. The molecule has 0 aromatic heterocycles. The second-order valence-electron chi connectivity index (χ2n) is 6.18. The molecule has 5 nitrogen and oxygen atoms in total. The number of rotatable bonds is 5. The summed E-state index contributed by atoms with van der Waals surface area (Å²) in [6, 6.07) is 7.97. The third-order valence-electron chi connectivity index (χ3n) is 4.21. The maximum absolute atomic E-state index is 12.6. The Hall–Kier alpha value is -1.42. The van der Waals surface area contributed by atoms with Crippen molar-refractivity contribution in [1.82, 2.24) is 4.31 Å². The molecule has 0 amide bonds. The summed E-state index contributed by atoms with van der Waals surface area (Å²) < 4.78 is 32.6. The summed E-state index contributed by atoms with van der Waals surface area (Å²) in [7, 11) is -3.37. The molecular weight excluding hydrogens is 312 g/mol. The standard InChI is InChI=1S/C17H24N2O3S/c1-13-6-7-14(2)16(10-13)17-11-19(15(3)12-22-17)23(20,21)9-5-4-8-18/h6-7,10,15,17H,4-5,9,11-12H2,1-3H3. The molecule has 6 heteroatoms. The predicted molar refractivity (Wildman–Crippen MR) is 89.4 cm³/mol. The van der Waals surface area contributed by atoms with Gasteiger partial charge in [0.25, 0.3) is 0 Å². The van der Waals surface area contributed by atoms with Crippen molar-refractivity contribution in [3.63, 3.8) is 0 Å². The molecule has 0 saturated carbocycles. The van der Waals surface area contributed by atoms with Crippen LogP contribution in [-0.2, 0) is 14.8 Å². The van der Waals surface area contributed by atoms with E-state index in [4.69, 9.17) is 10.00 Å². The van der Waals surface area contributed by atoms with E-state index in [-0.39, 0.29) is 24.3 Å². The van der Waals surface area contributed by atoms with Gasteiger partial charge in [0, 0.05) is 19.0 Å². The summed E-state index contributed by atoms with van der Waals surface area (Å²) in [5.41, 5.74) is 3.29. The van der Waals surface area contributed by atoms with E-state index in [2.05, 4.69) is 6.07 Å². The van der Waals surface area contributed by atoms with E-state index in [0.29, 0.717) is 19.6 Å². The summed E-state index contributed by atoms with van der Waals surface area (Å²) in [6.07, 6.45) is 0.395. The molecule has 1 aromatic carbocycles. The van der Waals surface area contributed by atoms with Crippen molar-refractivity contribution in [3.8, 4) is 6.07 Å². The van der Waals surface area contributed by atoms with Gasteiger partial charge in [-0.05, 0) is 38.3 Å². The molecule has 126 valence electrons. The van der Waals surface area contributed by atoms with Crippen LogP contribution in [0.25, 0.3) is 0 Å². The second-order valence-corrected chi connectivity index (χ2v) is 8.22. The van der Waals surface area contributed by atoms with E-state index in [9.17, 15) is 8.42 Å². The number of sulfonamides is 1. The monoisotopic (exact) mass is 336 g/mol. The number of hydrogen-bond acceptors (Lipinski definition) is 4. The third kappa shape index (κ3) is 4.31. The minimum Gasteiger partial charge on any atom is -0.370 e. The molecule has 2 unspecified atom stereocenters. The first-order valence-electron chi connectivity index (χ1n) is 7.90. The Balaban J connectivity index is 2.19. The first-order chi connectivity index (χ1) is 10.8. The lowest BCUT2D eigenvalue weighted by Gasteiger charge is -2.37. The van der Waals surface area contributed by atoms with Crippen molar-refractivity contribution in [2.45, 2.75) is 45.8 Å². The molecule has 1 saturated heterocycles. The molecule has 0 bridgehead atoms. The van der Waals surface area contributed by atoms with E-state index < -0.39 is 10.0 Å². The van der Waals surface area contributed by atoms with Crippen molar-refractivity contribution in [2.24, 2.45) is 0 Å². The molecule has 0 N–H and O–H groups in total. The van der Waals surface area contributed by atoms with Crippen molar-refractivity contribution in [1.29, 1.82) is 5.26 Å². The average molecular weight is 336 g/mol. The summed E-state index contributed by atoms with van der Waals surface area (Å²) in [5, 5.41) is 8.59. The number of aryl methyl sites for hydroxylation is 2. The van der Waals surface area contributed by atoms with Crippen molar-refractivity contribution >= 4 is 10.0 Å². The summed E-state index contributed by atoms with van der Waals surface area (Å²) in [5.74, 6) is 0.0183. The van der Waals surface area contributed by atoms with Gasteiger partial charge in [0.2, 0.25) is 10.0 Å². The molecule has 1 aromatic rings. The molecule has 1 fully saturated rings. The van der Waals surface area contributed by atoms with Crippen LogP contribution in [0.1, 0.15) is 42.6 Å². The van der Waals surface area contributed by atoms with Crippen LogP contribution in [0, 0.1) is 25.2 Å². The van der Waals surface area contributed by atoms with Crippen LogP contribution in [0.3, 0.4) is 0 Å². The summed E-state index contributed by atoms with van der Waals surface area (Å²) in [6.45, 7) is 6.61. The first kappa shape index (κ1) is 17.9. The molecule has 1 aliphatic heterocycles. The van der Waals surface area contributed by atoms with Gasteiger partial charge < -0.3 is 4.74 Å². The number of morpholine rings is 1. The predicted octanol–water partition coefficient (Wildman–Crippen LogP) is 2.70. The minimum atomic E-state index is -3.37. The molecule has 2 atom stereocenters. The summed E-state index contributed by atoms with van der Waals surface area (Å²) >= 11 is 0. The normalized spacial score (nSPS) is 22.7. The lowest BCUT2D eigenvalue weighted by Crippen LogP contribution is -2.49. The smallest absolute Gasteiger partial charge is 0.214 e. The zero-order valence-electron chi connectivity index (χ0n) is 13.9. The summed E-state index contributed by atoms with van der Waals surface area (Å²) in [4.78, 5) is 0. The fourth-order valence-electron chi connectivity index (χ4n) is 2.87. The molecule has 1 heterocycles. The highest BCUT2D eigenvalue weighted by Crippen LogP contribution is 2.29. The Morgan fingerprint density at radius 2 is 2.13 bits per heavy atom. The Bertz CT molecular complexity index is 694. The van der Waals surface area contributed by atoms with Crippen molar-refractivity contribution in [3.05, 3.63) is 34.9 Å². The number of nitriles is 1. The van der Waals surface area contributed by atoms with Crippen LogP contribution in [0.15, 0.2) is 18.2 Å². The Morgan fingerprint density at radius 1 is 1.39 bits per heavy atom. The highest BCUT2D eigenvalue weighted by Gasteiger charge is 2.35. The highest BCUT2D eigenvalue weighted by atomic mass is 32.2. The lowest BCUT2D eigenvalue weighted by atomic mass is 9.99. The van der Waals surface area contributed by atoms with E-state index in [1.165, 1.54) is 0 Å². The topological polar surface area (TPSA) is 70.4 Å². The van der Waals surface area contributed by atoms with Gasteiger partial charge in [-0.15, -0.1) is 0 Å².